The zero-order chi connectivity index (χ0) is 44.4. The Kier molecular flexibility index (Phi) is 12.4. The molecule has 0 saturated carbocycles. The fourth-order valence-electron chi connectivity index (χ4n) is 8.89. The maximum atomic E-state index is 6.69. The third-order valence-corrected chi connectivity index (χ3v) is 12.7. The Labute approximate surface area is 406 Å². The first-order valence-corrected chi connectivity index (χ1v) is 22.2. The zero-order valence-corrected chi connectivity index (χ0v) is 41.5. The van der Waals surface area contributed by atoms with E-state index in [1.807, 2.05) is 24.4 Å². The van der Waals surface area contributed by atoms with Gasteiger partial charge in [-0.25, -0.2) is 4.98 Å². The number of hydrogen-bond donors (Lipinski definition) is 0. The van der Waals surface area contributed by atoms with Crippen molar-refractivity contribution in [2.75, 3.05) is 9.80 Å². The molecule has 0 spiro atoms. The van der Waals surface area contributed by atoms with Crippen LogP contribution in [0.3, 0.4) is 0 Å². The van der Waals surface area contributed by atoms with Crippen LogP contribution in [0.15, 0.2) is 170 Å². The van der Waals surface area contributed by atoms with E-state index in [1.54, 1.807) is 0 Å². The number of pyridine rings is 1. The summed E-state index contributed by atoms with van der Waals surface area (Å²) in [5.41, 5.74) is 13.2. The van der Waals surface area contributed by atoms with Crippen molar-refractivity contribution >= 4 is 44.6 Å². The van der Waals surface area contributed by atoms with Crippen molar-refractivity contribution < 1.29 is 25.8 Å². The smallest absolute Gasteiger partial charge is 0.509 e. The van der Waals surface area contributed by atoms with E-state index in [4.69, 9.17) is 9.72 Å². The minimum absolute atomic E-state index is 0. The summed E-state index contributed by atoms with van der Waals surface area (Å²) in [4.78, 5) is 9.41. The van der Waals surface area contributed by atoms with Crippen LogP contribution in [-0.2, 0) is 37.3 Å². The molecular weight excluding hydrogens is 988 g/mol. The number of benzene rings is 7. The Morgan fingerprint density at radius 1 is 0.515 bits per heavy atom. The molecule has 1 aliphatic rings. The molecule has 7 aromatic carbocycles. The molecule has 0 aliphatic carbocycles. The quantitative estimate of drug-likeness (QED) is 0.142. The molecule has 0 unspecified atom stereocenters. The summed E-state index contributed by atoms with van der Waals surface area (Å²) in [5, 5.41) is 2.27. The average Bonchev–Trinajstić information content (AvgIpc) is 3.85. The number of anilines is 4. The Morgan fingerprint density at radius 2 is 1.17 bits per heavy atom. The zero-order valence-electron chi connectivity index (χ0n) is 39.3. The average molecular weight is 1040 g/mol. The van der Waals surface area contributed by atoms with Crippen LogP contribution in [0.1, 0.15) is 77.6 Å². The van der Waals surface area contributed by atoms with Gasteiger partial charge < -0.3 is 26.5 Å². The maximum Gasteiger partial charge on any atom is 4.00 e. The SMILES string of the molecule is CC(C)(C)c1ccnc(-n2c3[c-]c(Oc4[c-]c(N5[CH-]N(c6cc(-c7ccccc7)cc(C(C)(C)c7ccccc7)c6)c6ccccc65)ccc4)ccc3c3cc(C(C)(C)C)ccc32)c1.[CH3-].[Pt+4]. The Morgan fingerprint density at radius 3 is 1.88 bits per heavy atom. The fourth-order valence-corrected chi connectivity index (χ4v) is 8.89. The Bertz CT molecular complexity index is 3180. The number of nitrogens with zero attached hydrogens (tertiary/aromatic N) is 4. The number of ether oxygens (including phenoxy) is 1. The van der Waals surface area contributed by atoms with Crippen molar-refractivity contribution in [3.05, 3.63) is 218 Å². The van der Waals surface area contributed by atoms with Crippen LogP contribution in [0.25, 0.3) is 38.8 Å². The van der Waals surface area contributed by atoms with Crippen molar-refractivity contribution in [2.45, 2.75) is 71.6 Å². The molecule has 6 heteroatoms. The number of para-hydroxylation sites is 2. The van der Waals surface area contributed by atoms with Crippen molar-refractivity contribution in [1.29, 1.82) is 0 Å². The van der Waals surface area contributed by atoms with E-state index in [9.17, 15) is 0 Å². The monoisotopic (exact) mass is 1040 g/mol. The summed E-state index contributed by atoms with van der Waals surface area (Å²) in [5.74, 6) is 2.06. The third kappa shape index (κ3) is 8.58. The summed E-state index contributed by atoms with van der Waals surface area (Å²) in [6.07, 6.45) is 1.91. The molecule has 0 fully saturated rings. The van der Waals surface area contributed by atoms with Crippen molar-refractivity contribution in [3.8, 4) is 28.4 Å². The number of hydrogen-bond acceptors (Lipinski definition) is 4. The van der Waals surface area contributed by atoms with Gasteiger partial charge in [0.25, 0.3) is 0 Å². The molecule has 5 nitrogen and oxygen atoms in total. The summed E-state index contributed by atoms with van der Waals surface area (Å²) >= 11 is 0. The van der Waals surface area contributed by atoms with Crippen molar-refractivity contribution in [3.63, 3.8) is 0 Å². The van der Waals surface area contributed by atoms with Crippen LogP contribution in [0.5, 0.6) is 11.5 Å². The largest absolute Gasteiger partial charge is 4.00 e. The summed E-state index contributed by atoms with van der Waals surface area (Å²) in [6.45, 7) is 20.3. The van der Waals surface area contributed by atoms with Gasteiger partial charge in [0.2, 0.25) is 0 Å². The molecule has 3 heterocycles. The van der Waals surface area contributed by atoms with Crippen molar-refractivity contribution in [1.82, 2.24) is 9.55 Å². The van der Waals surface area contributed by atoms with Gasteiger partial charge in [0, 0.05) is 45.7 Å². The molecule has 2 aromatic heterocycles. The standard InChI is InChI=1S/C59H53N4O.CH3.Pt/c1-57(2,3)43-26-29-52-51(35-43)50-28-27-49(38-55(50)63(52)56-36-44(30-31-60-56)58(4,5)6)64-48-23-17-22-46(37-48)61-39-62(54-25-16-15-24-53(54)61)47-33-41(40-18-11-9-12-19-40)32-45(34-47)59(7,8)42-20-13-10-14-21-42;;/h9-36,39H,1-8H3;1H3;/q-3;-1;+4. The van der Waals surface area contributed by atoms with E-state index in [0.29, 0.717) is 11.5 Å². The molecular formula is C60H56N4OPt. The molecule has 0 radical (unpaired) electrons. The first-order valence-electron chi connectivity index (χ1n) is 22.2. The molecule has 0 saturated heterocycles. The molecule has 9 aromatic rings. The summed E-state index contributed by atoms with van der Waals surface area (Å²) in [7, 11) is 0. The van der Waals surface area contributed by atoms with E-state index >= 15 is 0 Å². The molecule has 0 bridgehead atoms. The summed E-state index contributed by atoms with van der Waals surface area (Å²) in [6, 6.07) is 65.6. The van der Waals surface area contributed by atoms with Gasteiger partial charge in [0.15, 0.2) is 0 Å². The second-order valence-electron chi connectivity index (χ2n) is 19.5. The fraction of sp³-hybridized carbons (Fsp3) is 0.183. The van der Waals surface area contributed by atoms with Gasteiger partial charge in [-0.05, 0) is 92.1 Å². The molecule has 0 N–H and O–H groups in total. The second kappa shape index (κ2) is 17.8. The minimum Gasteiger partial charge on any atom is -0.509 e. The minimum atomic E-state index is -0.240. The van der Waals surface area contributed by atoms with Gasteiger partial charge in [-0.1, -0.05) is 152 Å². The van der Waals surface area contributed by atoms with E-state index < -0.39 is 0 Å². The van der Waals surface area contributed by atoms with E-state index in [1.165, 1.54) is 38.8 Å². The number of rotatable bonds is 8. The van der Waals surface area contributed by atoms with Crippen molar-refractivity contribution in [2.24, 2.45) is 0 Å². The van der Waals surface area contributed by atoms with Gasteiger partial charge in [0.05, 0.1) is 0 Å². The molecule has 1 aliphatic heterocycles. The van der Waals surface area contributed by atoms with Gasteiger partial charge in [0.1, 0.15) is 5.82 Å². The predicted molar refractivity (Wildman–Crippen MR) is 272 cm³/mol. The Balaban J connectivity index is 0.00000296. The van der Waals surface area contributed by atoms with Crippen LogP contribution in [0.2, 0.25) is 0 Å². The van der Waals surface area contributed by atoms with E-state index in [-0.39, 0.29) is 44.7 Å². The molecule has 10 rings (SSSR count). The van der Waals surface area contributed by atoms with E-state index in [2.05, 4.69) is 234 Å². The maximum absolute atomic E-state index is 6.69. The molecule has 332 valence electrons. The topological polar surface area (TPSA) is 33.5 Å². The number of fused-ring (bicyclic) bond motifs is 4. The van der Waals surface area contributed by atoms with Gasteiger partial charge in [-0.15, -0.1) is 48.1 Å². The van der Waals surface area contributed by atoms with Gasteiger partial charge in [-0.3, -0.25) is 0 Å². The van der Waals surface area contributed by atoms with Crippen LogP contribution in [0.4, 0.5) is 22.7 Å². The van der Waals surface area contributed by atoms with Crippen LogP contribution < -0.4 is 14.5 Å². The van der Waals surface area contributed by atoms with Gasteiger partial charge in [-0.2, -0.15) is 12.1 Å². The molecule has 66 heavy (non-hydrogen) atoms. The summed E-state index contributed by atoms with van der Waals surface area (Å²) < 4.78 is 8.92. The van der Waals surface area contributed by atoms with Crippen LogP contribution in [-0.4, -0.2) is 9.55 Å². The predicted octanol–water partition coefficient (Wildman–Crippen LogP) is 16.0. The third-order valence-electron chi connectivity index (χ3n) is 12.7. The van der Waals surface area contributed by atoms with E-state index in [0.717, 1.165) is 45.0 Å². The normalized spacial score (nSPS) is 12.8. The Hall–Kier alpha value is -6.42. The molecule has 0 atom stereocenters. The van der Waals surface area contributed by atoms with Crippen LogP contribution in [0, 0.1) is 26.2 Å². The first kappa shape index (κ1) is 46.1. The van der Waals surface area contributed by atoms with Crippen LogP contribution >= 0.6 is 0 Å². The first-order chi connectivity index (χ1) is 30.7. The molecule has 0 amide bonds. The van der Waals surface area contributed by atoms with Gasteiger partial charge >= 0.3 is 21.1 Å². The number of aromatic nitrogens is 2. The second-order valence-corrected chi connectivity index (χ2v) is 19.5.